The van der Waals surface area contributed by atoms with Gasteiger partial charge >= 0.3 is 0 Å². The van der Waals surface area contributed by atoms with Gasteiger partial charge in [-0.3, -0.25) is 0 Å². The quantitative estimate of drug-likeness (QED) is 0.845. The Morgan fingerprint density at radius 3 is 2.72 bits per heavy atom. The van der Waals surface area contributed by atoms with Gasteiger partial charge in [0.15, 0.2) is 0 Å². The second-order valence-corrected chi connectivity index (χ2v) is 3.89. The van der Waals surface area contributed by atoms with Crippen LogP contribution in [0.4, 0.5) is 0 Å². The van der Waals surface area contributed by atoms with E-state index < -0.39 is 0 Å². The van der Waals surface area contributed by atoms with E-state index >= 15 is 0 Å². The monoisotopic (exact) mass is 247 g/mol. The van der Waals surface area contributed by atoms with Crippen molar-refractivity contribution in [1.82, 2.24) is 15.3 Å². The van der Waals surface area contributed by atoms with E-state index in [1.54, 1.807) is 19.5 Å². The number of aryl methyl sites for hydroxylation is 1. The van der Waals surface area contributed by atoms with Crippen molar-refractivity contribution in [3.63, 3.8) is 0 Å². The first-order chi connectivity index (χ1) is 8.81. The molecule has 1 N–H and O–H groups in total. The fourth-order valence-electron chi connectivity index (χ4n) is 1.54. The summed E-state index contributed by atoms with van der Waals surface area (Å²) < 4.78 is 10.5. The SMILES string of the molecule is CCc1cnc(CNCc2ccc(OC)nc2)o1. The molecule has 0 aromatic carbocycles. The number of hydrogen-bond donors (Lipinski definition) is 1. The molecular formula is C13H17N3O2. The van der Waals surface area contributed by atoms with Gasteiger partial charge in [0.05, 0.1) is 19.9 Å². The van der Waals surface area contributed by atoms with Crippen LogP contribution in [0.15, 0.2) is 28.9 Å². The molecule has 0 fully saturated rings. The van der Waals surface area contributed by atoms with E-state index in [-0.39, 0.29) is 0 Å². The summed E-state index contributed by atoms with van der Waals surface area (Å²) in [5.41, 5.74) is 1.10. The number of methoxy groups -OCH3 is 1. The van der Waals surface area contributed by atoms with Crippen molar-refractivity contribution in [3.8, 4) is 5.88 Å². The molecule has 0 atom stereocenters. The molecule has 2 aromatic heterocycles. The highest BCUT2D eigenvalue weighted by atomic mass is 16.5. The molecule has 2 aromatic rings. The zero-order chi connectivity index (χ0) is 12.8. The Labute approximate surface area is 106 Å². The number of pyridine rings is 1. The second-order valence-electron chi connectivity index (χ2n) is 3.89. The molecule has 0 amide bonds. The normalized spacial score (nSPS) is 10.6. The molecule has 0 aliphatic rings. The van der Waals surface area contributed by atoms with Gasteiger partial charge in [0, 0.05) is 25.2 Å². The number of nitrogens with one attached hydrogen (secondary N) is 1. The number of aromatic nitrogens is 2. The van der Waals surface area contributed by atoms with E-state index in [2.05, 4.69) is 15.3 Å². The molecule has 0 spiro atoms. The molecule has 5 nitrogen and oxygen atoms in total. The highest BCUT2D eigenvalue weighted by molar-refractivity contribution is 5.17. The van der Waals surface area contributed by atoms with Crippen molar-refractivity contribution < 1.29 is 9.15 Å². The van der Waals surface area contributed by atoms with Crippen LogP contribution < -0.4 is 10.1 Å². The van der Waals surface area contributed by atoms with Crippen LogP contribution in [0.2, 0.25) is 0 Å². The van der Waals surface area contributed by atoms with Crippen LogP contribution in [0.25, 0.3) is 0 Å². The Hall–Kier alpha value is -1.88. The zero-order valence-electron chi connectivity index (χ0n) is 10.6. The summed E-state index contributed by atoms with van der Waals surface area (Å²) >= 11 is 0. The van der Waals surface area contributed by atoms with Crippen molar-refractivity contribution in [2.24, 2.45) is 0 Å². The largest absolute Gasteiger partial charge is 0.481 e. The van der Waals surface area contributed by atoms with Gasteiger partial charge in [0.1, 0.15) is 5.76 Å². The summed E-state index contributed by atoms with van der Waals surface area (Å²) in [5.74, 6) is 2.25. The molecule has 96 valence electrons. The summed E-state index contributed by atoms with van der Waals surface area (Å²) in [6.45, 7) is 3.38. The maximum absolute atomic E-state index is 5.50. The Kier molecular flexibility index (Phi) is 4.30. The van der Waals surface area contributed by atoms with Gasteiger partial charge in [-0.15, -0.1) is 0 Å². The van der Waals surface area contributed by atoms with E-state index in [1.807, 2.05) is 19.1 Å². The van der Waals surface area contributed by atoms with Crippen molar-refractivity contribution in [2.75, 3.05) is 7.11 Å². The number of rotatable bonds is 6. The molecule has 0 saturated heterocycles. The van der Waals surface area contributed by atoms with Gasteiger partial charge in [0.2, 0.25) is 11.8 Å². The summed E-state index contributed by atoms with van der Waals surface area (Å²) in [6, 6.07) is 3.82. The maximum atomic E-state index is 5.50. The first-order valence-electron chi connectivity index (χ1n) is 5.95. The third-order valence-corrected chi connectivity index (χ3v) is 2.56. The fourth-order valence-corrected chi connectivity index (χ4v) is 1.54. The van der Waals surface area contributed by atoms with Crippen LogP contribution >= 0.6 is 0 Å². The molecule has 0 saturated carbocycles. The van der Waals surface area contributed by atoms with E-state index in [0.717, 1.165) is 24.3 Å². The fraction of sp³-hybridized carbons (Fsp3) is 0.385. The van der Waals surface area contributed by atoms with Crippen LogP contribution in [0, 0.1) is 0 Å². The van der Waals surface area contributed by atoms with E-state index in [4.69, 9.17) is 9.15 Å². The number of oxazole rings is 1. The molecule has 2 rings (SSSR count). The van der Waals surface area contributed by atoms with E-state index in [1.165, 1.54) is 0 Å². The van der Waals surface area contributed by atoms with Crippen LogP contribution in [-0.2, 0) is 19.5 Å². The minimum Gasteiger partial charge on any atom is -0.481 e. The average molecular weight is 247 g/mol. The predicted octanol–water partition coefficient (Wildman–Crippen LogP) is 1.93. The van der Waals surface area contributed by atoms with Crippen LogP contribution in [0.1, 0.15) is 24.1 Å². The lowest BCUT2D eigenvalue weighted by molar-refractivity contribution is 0.397. The van der Waals surface area contributed by atoms with Gasteiger partial charge in [-0.2, -0.15) is 0 Å². The van der Waals surface area contributed by atoms with Gasteiger partial charge in [-0.1, -0.05) is 13.0 Å². The lowest BCUT2D eigenvalue weighted by Crippen LogP contribution is -2.13. The number of ether oxygens (including phenoxy) is 1. The summed E-state index contributed by atoms with van der Waals surface area (Å²) in [7, 11) is 1.61. The third kappa shape index (κ3) is 3.30. The third-order valence-electron chi connectivity index (χ3n) is 2.56. The molecule has 18 heavy (non-hydrogen) atoms. The van der Waals surface area contributed by atoms with Crippen molar-refractivity contribution in [1.29, 1.82) is 0 Å². The molecule has 0 bridgehead atoms. The molecule has 2 heterocycles. The van der Waals surface area contributed by atoms with Crippen LogP contribution in [0.3, 0.4) is 0 Å². The zero-order valence-corrected chi connectivity index (χ0v) is 10.6. The lowest BCUT2D eigenvalue weighted by atomic mass is 10.3. The molecule has 0 unspecified atom stereocenters. The molecule has 0 aliphatic heterocycles. The van der Waals surface area contributed by atoms with Gasteiger partial charge in [-0.05, 0) is 5.56 Å². The number of nitrogens with zero attached hydrogens (tertiary/aromatic N) is 2. The summed E-state index contributed by atoms with van der Waals surface area (Å²) in [6.07, 6.45) is 4.43. The first kappa shape index (κ1) is 12.6. The Morgan fingerprint density at radius 1 is 1.22 bits per heavy atom. The minimum absolute atomic E-state index is 0.617. The maximum Gasteiger partial charge on any atom is 0.212 e. The highest BCUT2D eigenvalue weighted by Crippen LogP contribution is 2.07. The molecule has 0 aliphatic carbocycles. The van der Waals surface area contributed by atoms with Crippen LogP contribution in [0.5, 0.6) is 5.88 Å². The Morgan fingerprint density at radius 2 is 2.11 bits per heavy atom. The molecule has 5 heteroatoms. The predicted molar refractivity (Wildman–Crippen MR) is 67.2 cm³/mol. The molecular weight excluding hydrogens is 230 g/mol. The van der Waals surface area contributed by atoms with Gasteiger partial charge in [-0.25, -0.2) is 9.97 Å². The van der Waals surface area contributed by atoms with Gasteiger partial charge in [0.25, 0.3) is 0 Å². The second kappa shape index (κ2) is 6.16. The van der Waals surface area contributed by atoms with Crippen LogP contribution in [-0.4, -0.2) is 17.1 Å². The average Bonchev–Trinajstić information content (AvgIpc) is 2.87. The Bertz CT molecular complexity index is 479. The topological polar surface area (TPSA) is 60.2 Å². The summed E-state index contributed by atoms with van der Waals surface area (Å²) in [5, 5.41) is 3.26. The van der Waals surface area contributed by atoms with Crippen molar-refractivity contribution >= 4 is 0 Å². The summed E-state index contributed by atoms with van der Waals surface area (Å²) in [4.78, 5) is 8.32. The highest BCUT2D eigenvalue weighted by Gasteiger charge is 2.02. The van der Waals surface area contributed by atoms with E-state index in [0.29, 0.717) is 18.3 Å². The molecule has 0 radical (unpaired) electrons. The number of hydrogen-bond acceptors (Lipinski definition) is 5. The lowest BCUT2D eigenvalue weighted by Gasteiger charge is -2.03. The first-order valence-corrected chi connectivity index (χ1v) is 5.95. The van der Waals surface area contributed by atoms with E-state index in [9.17, 15) is 0 Å². The van der Waals surface area contributed by atoms with Crippen molar-refractivity contribution in [3.05, 3.63) is 41.7 Å². The van der Waals surface area contributed by atoms with Gasteiger partial charge < -0.3 is 14.5 Å². The van der Waals surface area contributed by atoms with Crippen molar-refractivity contribution in [2.45, 2.75) is 26.4 Å². The smallest absolute Gasteiger partial charge is 0.212 e. The standard InChI is InChI=1S/C13H17N3O2/c1-3-11-8-16-13(18-11)9-14-6-10-4-5-12(17-2)15-7-10/h4-5,7-8,14H,3,6,9H2,1-2H3. The minimum atomic E-state index is 0.617. The Balaban J connectivity index is 1.80.